The molecule has 0 atom stereocenters. The number of piperazine rings is 1. The Morgan fingerprint density at radius 2 is 1.69 bits per heavy atom. The number of quaternary nitrogens is 1. The average molecular weight is 419 g/mol. The van der Waals surface area contributed by atoms with Crippen molar-refractivity contribution in [2.24, 2.45) is 7.05 Å². The van der Waals surface area contributed by atoms with Gasteiger partial charge < -0.3 is 9.47 Å². The number of Topliss-reactive ketones (excluding diaryl/α,β-unsaturated/α-hetero) is 1. The second-order valence-corrected chi connectivity index (χ2v) is 10.3. The van der Waals surface area contributed by atoms with Crippen LogP contribution in [0, 0.1) is 13.8 Å². The lowest BCUT2D eigenvalue weighted by Gasteiger charge is -2.31. The van der Waals surface area contributed by atoms with Crippen LogP contribution in [0.5, 0.6) is 0 Å². The number of carbonyl (C=O) groups excluding carboxylic acids is 1. The quantitative estimate of drug-likeness (QED) is 0.724. The number of hydrogen-bond donors (Lipinski definition) is 1. The summed E-state index contributed by atoms with van der Waals surface area (Å²) in [5.41, 5.74) is 3.96. The number of ketones is 1. The van der Waals surface area contributed by atoms with E-state index in [0.29, 0.717) is 43.5 Å². The number of sulfonamides is 1. The average Bonchev–Trinajstić information content (AvgIpc) is 2.96. The fourth-order valence-corrected chi connectivity index (χ4v) is 5.29. The number of nitrogens with zero attached hydrogens (tertiary/aromatic N) is 2. The van der Waals surface area contributed by atoms with Crippen molar-refractivity contribution in [2.75, 3.05) is 32.7 Å². The van der Waals surface area contributed by atoms with Crippen molar-refractivity contribution in [3.05, 3.63) is 52.8 Å². The number of aromatic nitrogens is 1. The fraction of sp³-hybridized carbons (Fsp3) is 0.500. The summed E-state index contributed by atoms with van der Waals surface area (Å²) in [7, 11) is -1.52. The lowest BCUT2D eigenvalue weighted by atomic mass is 10.0. The Labute approximate surface area is 174 Å². The standard InChI is InChI=1S/C22H31N3O3S/c1-16(2)19-6-8-20(9-7-19)29(27,28)25-12-10-24(11-13-25)15-22(26)21-14-17(3)23(5)18(21)4/h6-9,14,16H,10-13,15H2,1-5H3/p+1. The molecule has 0 unspecified atom stereocenters. The predicted octanol–water partition coefficient (Wildman–Crippen LogP) is 1.54. The molecule has 6 nitrogen and oxygen atoms in total. The largest absolute Gasteiger partial charge is 0.351 e. The summed E-state index contributed by atoms with van der Waals surface area (Å²) in [5, 5.41) is 0. The third kappa shape index (κ3) is 4.47. The zero-order valence-corrected chi connectivity index (χ0v) is 18.8. The van der Waals surface area contributed by atoms with Crippen molar-refractivity contribution in [1.82, 2.24) is 8.87 Å². The molecular weight excluding hydrogens is 386 g/mol. The minimum Gasteiger partial charge on any atom is -0.351 e. The summed E-state index contributed by atoms with van der Waals surface area (Å²) in [6.07, 6.45) is 0. The van der Waals surface area contributed by atoms with Crippen LogP contribution in [0.1, 0.15) is 47.1 Å². The fourth-order valence-electron chi connectivity index (χ4n) is 3.85. The van der Waals surface area contributed by atoms with Gasteiger partial charge in [0.2, 0.25) is 15.8 Å². The summed E-state index contributed by atoms with van der Waals surface area (Å²) in [4.78, 5) is 14.2. The molecule has 1 saturated heterocycles. The van der Waals surface area contributed by atoms with E-state index in [9.17, 15) is 13.2 Å². The number of hydrogen-bond acceptors (Lipinski definition) is 3. The molecule has 0 bridgehead atoms. The molecule has 0 aliphatic carbocycles. The predicted molar refractivity (Wildman–Crippen MR) is 114 cm³/mol. The number of aryl methyl sites for hydroxylation is 1. The Hall–Kier alpha value is -1.96. The molecule has 0 radical (unpaired) electrons. The minimum absolute atomic E-state index is 0.127. The monoisotopic (exact) mass is 418 g/mol. The maximum Gasteiger partial charge on any atom is 0.243 e. The Bertz CT molecular complexity index is 983. The van der Waals surface area contributed by atoms with Crippen LogP contribution in [0.3, 0.4) is 0 Å². The highest BCUT2D eigenvalue weighted by molar-refractivity contribution is 7.89. The molecule has 1 aromatic heterocycles. The highest BCUT2D eigenvalue weighted by atomic mass is 32.2. The van der Waals surface area contributed by atoms with Crippen LogP contribution in [0.25, 0.3) is 0 Å². The van der Waals surface area contributed by atoms with E-state index in [0.717, 1.165) is 27.4 Å². The van der Waals surface area contributed by atoms with Crippen LogP contribution in [0.2, 0.25) is 0 Å². The molecule has 158 valence electrons. The van der Waals surface area contributed by atoms with Crippen molar-refractivity contribution in [3.8, 4) is 0 Å². The van der Waals surface area contributed by atoms with Gasteiger partial charge in [0.05, 0.1) is 31.1 Å². The van der Waals surface area contributed by atoms with Crippen molar-refractivity contribution in [1.29, 1.82) is 0 Å². The van der Waals surface area contributed by atoms with E-state index in [1.807, 2.05) is 43.7 Å². The van der Waals surface area contributed by atoms with E-state index >= 15 is 0 Å². The van der Waals surface area contributed by atoms with Crippen LogP contribution < -0.4 is 4.90 Å². The van der Waals surface area contributed by atoms with Gasteiger partial charge in [-0.2, -0.15) is 4.31 Å². The molecule has 0 saturated carbocycles. The van der Waals surface area contributed by atoms with E-state index in [1.54, 1.807) is 16.4 Å². The molecule has 2 aromatic rings. The summed E-state index contributed by atoms with van der Waals surface area (Å²) < 4.78 is 29.5. The van der Waals surface area contributed by atoms with E-state index in [-0.39, 0.29) is 5.78 Å². The third-order valence-corrected chi connectivity index (χ3v) is 8.01. The number of carbonyl (C=O) groups is 1. The van der Waals surface area contributed by atoms with Gasteiger partial charge in [-0.05, 0) is 43.5 Å². The Morgan fingerprint density at radius 1 is 1.10 bits per heavy atom. The molecule has 1 fully saturated rings. The van der Waals surface area contributed by atoms with Gasteiger partial charge in [-0.25, -0.2) is 8.42 Å². The number of benzene rings is 1. The molecule has 1 aliphatic rings. The maximum absolute atomic E-state index is 13.0. The maximum atomic E-state index is 13.0. The van der Waals surface area contributed by atoms with Gasteiger partial charge in [-0.3, -0.25) is 4.79 Å². The van der Waals surface area contributed by atoms with Gasteiger partial charge in [-0.15, -0.1) is 0 Å². The second-order valence-electron chi connectivity index (χ2n) is 8.32. The van der Waals surface area contributed by atoms with Crippen LogP contribution in [0.15, 0.2) is 35.2 Å². The first kappa shape index (κ1) is 21.7. The Morgan fingerprint density at radius 3 is 2.17 bits per heavy atom. The summed E-state index contributed by atoms with van der Waals surface area (Å²) in [5.74, 6) is 0.496. The zero-order chi connectivity index (χ0) is 21.3. The minimum atomic E-state index is -3.49. The normalized spacial score (nSPS) is 16.5. The first-order valence-corrected chi connectivity index (χ1v) is 11.6. The van der Waals surface area contributed by atoms with Crippen molar-refractivity contribution < 1.29 is 18.1 Å². The third-order valence-electron chi connectivity index (χ3n) is 6.10. The lowest BCUT2D eigenvalue weighted by Crippen LogP contribution is -3.15. The summed E-state index contributed by atoms with van der Waals surface area (Å²) >= 11 is 0. The van der Waals surface area contributed by atoms with Crippen molar-refractivity contribution in [2.45, 2.75) is 38.5 Å². The van der Waals surface area contributed by atoms with Crippen LogP contribution in [0.4, 0.5) is 0 Å². The first-order chi connectivity index (χ1) is 13.6. The lowest BCUT2D eigenvalue weighted by molar-refractivity contribution is -0.895. The van der Waals surface area contributed by atoms with Gasteiger partial charge in [0.15, 0.2) is 0 Å². The molecule has 3 rings (SSSR count). The zero-order valence-electron chi connectivity index (χ0n) is 18.0. The molecule has 29 heavy (non-hydrogen) atoms. The van der Waals surface area contributed by atoms with Crippen LogP contribution in [-0.2, 0) is 17.1 Å². The number of nitrogens with one attached hydrogen (secondary N) is 1. The highest BCUT2D eigenvalue weighted by Gasteiger charge is 2.31. The smallest absolute Gasteiger partial charge is 0.243 e. The van der Waals surface area contributed by atoms with E-state index < -0.39 is 10.0 Å². The highest BCUT2D eigenvalue weighted by Crippen LogP contribution is 2.20. The molecule has 0 amide bonds. The molecule has 2 heterocycles. The molecule has 7 heteroatoms. The van der Waals surface area contributed by atoms with E-state index in [2.05, 4.69) is 13.8 Å². The van der Waals surface area contributed by atoms with Gasteiger partial charge in [-0.1, -0.05) is 26.0 Å². The SMILES string of the molecule is Cc1cc(C(=O)C[NH+]2CCN(S(=O)(=O)c3ccc(C(C)C)cc3)CC2)c(C)n1C. The number of rotatable bonds is 6. The Balaban J connectivity index is 1.62. The first-order valence-electron chi connectivity index (χ1n) is 10.2. The second kappa shape index (κ2) is 8.42. The summed E-state index contributed by atoms with van der Waals surface area (Å²) in [6.45, 7) is 10.7. The van der Waals surface area contributed by atoms with Gasteiger partial charge in [0.25, 0.3) is 0 Å². The topological polar surface area (TPSA) is 63.8 Å². The van der Waals surface area contributed by atoms with E-state index in [1.165, 1.54) is 0 Å². The summed E-state index contributed by atoms with van der Waals surface area (Å²) in [6, 6.07) is 9.13. The molecule has 0 spiro atoms. The molecule has 1 N–H and O–H groups in total. The van der Waals surface area contributed by atoms with Gasteiger partial charge in [0, 0.05) is 24.0 Å². The van der Waals surface area contributed by atoms with Gasteiger partial charge >= 0.3 is 0 Å². The van der Waals surface area contributed by atoms with E-state index in [4.69, 9.17) is 0 Å². The van der Waals surface area contributed by atoms with Crippen LogP contribution >= 0.6 is 0 Å². The molecular formula is C22H32N3O3S+. The Kier molecular flexibility index (Phi) is 6.31. The van der Waals surface area contributed by atoms with Crippen LogP contribution in [-0.4, -0.2) is 55.8 Å². The van der Waals surface area contributed by atoms with Crippen molar-refractivity contribution in [3.63, 3.8) is 0 Å². The molecule has 1 aliphatic heterocycles. The molecule has 1 aromatic carbocycles. The van der Waals surface area contributed by atoms with Gasteiger partial charge in [0.1, 0.15) is 6.54 Å². The van der Waals surface area contributed by atoms with Crippen molar-refractivity contribution >= 4 is 15.8 Å².